The van der Waals surface area contributed by atoms with Gasteiger partial charge in [0, 0.05) is 6.54 Å². The van der Waals surface area contributed by atoms with Crippen molar-refractivity contribution in [2.75, 3.05) is 6.54 Å². The lowest BCUT2D eigenvalue weighted by atomic mass is 10.1. The maximum Gasteiger partial charge on any atom is 0.188 e. The van der Waals surface area contributed by atoms with Crippen molar-refractivity contribution in [2.24, 2.45) is 5.92 Å². The van der Waals surface area contributed by atoms with Crippen LogP contribution in [0.15, 0.2) is 0 Å². The molecule has 0 radical (unpaired) electrons. The van der Waals surface area contributed by atoms with Crippen LogP contribution in [0.2, 0.25) is 0 Å². The van der Waals surface area contributed by atoms with Gasteiger partial charge in [0.15, 0.2) is 5.96 Å². The maximum absolute atomic E-state index is 10.6. The van der Waals surface area contributed by atoms with Crippen LogP contribution in [0.4, 0.5) is 0 Å². The van der Waals surface area contributed by atoms with Crippen LogP contribution in [-0.4, -0.2) is 24.8 Å². The van der Waals surface area contributed by atoms with Crippen molar-refractivity contribution >= 4 is 12.2 Å². The summed E-state index contributed by atoms with van der Waals surface area (Å²) in [5, 5.41) is 13.0. The Morgan fingerprint density at radius 1 is 1.54 bits per heavy atom. The van der Waals surface area contributed by atoms with Gasteiger partial charge >= 0.3 is 0 Å². The first-order valence-corrected chi connectivity index (χ1v) is 4.64. The van der Waals surface area contributed by atoms with E-state index in [1.54, 1.807) is 0 Å². The first kappa shape index (κ1) is 11.9. The van der Waals surface area contributed by atoms with E-state index in [1.165, 1.54) is 0 Å². The third kappa shape index (κ3) is 6.13. The van der Waals surface area contributed by atoms with Crippen LogP contribution in [0.3, 0.4) is 0 Å². The molecule has 0 bridgehead atoms. The number of rotatable bonds is 5. The standard InChI is InChI=1S/C9H19N3O/c1-4-11-9(10)12-8(6-13)5-7(2)3/h6-8H,4-5H2,1-3H3,(H3,10,11,12). The molecule has 1 atom stereocenters. The monoisotopic (exact) mass is 185 g/mol. The van der Waals surface area contributed by atoms with Crippen LogP contribution in [0.5, 0.6) is 0 Å². The predicted octanol–water partition coefficient (Wildman–Crippen LogP) is 0.734. The number of carbonyl (C=O) groups excluding carboxylic acids is 1. The zero-order valence-electron chi connectivity index (χ0n) is 8.55. The molecule has 0 fully saturated rings. The summed E-state index contributed by atoms with van der Waals surface area (Å²) in [6.07, 6.45) is 1.61. The molecule has 3 N–H and O–H groups in total. The Labute approximate surface area is 79.6 Å². The van der Waals surface area contributed by atoms with Crippen molar-refractivity contribution in [2.45, 2.75) is 33.2 Å². The van der Waals surface area contributed by atoms with Gasteiger partial charge in [-0.1, -0.05) is 13.8 Å². The van der Waals surface area contributed by atoms with Crippen LogP contribution >= 0.6 is 0 Å². The van der Waals surface area contributed by atoms with E-state index in [-0.39, 0.29) is 12.0 Å². The summed E-state index contributed by atoms with van der Waals surface area (Å²) >= 11 is 0. The molecule has 4 nitrogen and oxygen atoms in total. The lowest BCUT2D eigenvalue weighted by molar-refractivity contribution is -0.109. The van der Waals surface area contributed by atoms with Gasteiger partial charge in [-0.2, -0.15) is 0 Å². The average molecular weight is 185 g/mol. The quantitative estimate of drug-likeness (QED) is 0.336. The summed E-state index contributed by atoms with van der Waals surface area (Å²) in [6, 6.07) is -0.244. The zero-order valence-corrected chi connectivity index (χ0v) is 8.55. The molecular weight excluding hydrogens is 166 g/mol. The minimum Gasteiger partial charge on any atom is -0.357 e. The second kappa shape index (κ2) is 6.46. The Bertz CT molecular complexity index is 168. The molecule has 0 rings (SSSR count). The molecule has 0 aliphatic carbocycles. The van der Waals surface area contributed by atoms with E-state index in [0.29, 0.717) is 12.5 Å². The first-order valence-electron chi connectivity index (χ1n) is 4.64. The minimum absolute atomic E-state index is 0.222. The average Bonchev–Trinajstić information content (AvgIpc) is 2.02. The Kier molecular flexibility index (Phi) is 5.93. The van der Waals surface area contributed by atoms with Crippen LogP contribution in [0, 0.1) is 11.3 Å². The Morgan fingerprint density at radius 2 is 2.15 bits per heavy atom. The van der Waals surface area contributed by atoms with E-state index in [2.05, 4.69) is 24.5 Å². The topological polar surface area (TPSA) is 65.0 Å². The van der Waals surface area contributed by atoms with Crippen molar-refractivity contribution in [1.29, 1.82) is 5.41 Å². The van der Waals surface area contributed by atoms with Gasteiger partial charge in [0.05, 0.1) is 6.04 Å². The molecule has 1 unspecified atom stereocenters. The van der Waals surface area contributed by atoms with Gasteiger partial charge in [-0.15, -0.1) is 0 Å². The molecule has 0 heterocycles. The number of hydrogen-bond donors (Lipinski definition) is 3. The van der Waals surface area contributed by atoms with E-state index >= 15 is 0 Å². The summed E-state index contributed by atoms with van der Waals surface area (Å²) < 4.78 is 0. The van der Waals surface area contributed by atoms with E-state index in [4.69, 9.17) is 5.41 Å². The molecular formula is C9H19N3O. The van der Waals surface area contributed by atoms with Crippen molar-refractivity contribution in [3.63, 3.8) is 0 Å². The fraction of sp³-hybridized carbons (Fsp3) is 0.778. The Morgan fingerprint density at radius 3 is 2.54 bits per heavy atom. The molecule has 13 heavy (non-hydrogen) atoms. The van der Waals surface area contributed by atoms with Crippen LogP contribution in [-0.2, 0) is 4.79 Å². The third-order valence-corrected chi connectivity index (χ3v) is 1.57. The van der Waals surface area contributed by atoms with Gasteiger partial charge in [0.2, 0.25) is 0 Å². The molecule has 0 aromatic heterocycles. The predicted molar refractivity (Wildman–Crippen MR) is 53.8 cm³/mol. The second-order valence-corrected chi connectivity index (χ2v) is 3.42. The SMILES string of the molecule is CCNC(=N)NC(C=O)CC(C)C. The van der Waals surface area contributed by atoms with Gasteiger partial charge < -0.3 is 15.4 Å². The molecule has 0 aliphatic heterocycles. The number of guanidine groups is 1. The lowest BCUT2D eigenvalue weighted by Crippen LogP contribution is -2.43. The number of carbonyl (C=O) groups is 1. The second-order valence-electron chi connectivity index (χ2n) is 3.42. The molecule has 0 saturated heterocycles. The number of nitrogens with one attached hydrogen (secondary N) is 3. The smallest absolute Gasteiger partial charge is 0.188 e. The molecule has 76 valence electrons. The van der Waals surface area contributed by atoms with Crippen LogP contribution in [0.25, 0.3) is 0 Å². The van der Waals surface area contributed by atoms with Gasteiger partial charge in [-0.05, 0) is 19.3 Å². The number of aldehydes is 1. The lowest BCUT2D eigenvalue weighted by Gasteiger charge is -2.16. The fourth-order valence-corrected chi connectivity index (χ4v) is 1.07. The van der Waals surface area contributed by atoms with Crippen LogP contribution in [0.1, 0.15) is 27.2 Å². The molecule has 0 spiro atoms. The molecule has 0 aromatic rings. The summed E-state index contributed by atoms with van der Waals surface area (Å²) in [4.78, 5) is 10.6. The van der Waals surface area contributed by atoms with Gasteiger partial charge in [-0.3, -0.25) is 5.41 Å². The van der Waals surface area contributed by atoms with Crippen molar-refractivity contribution in [3.05, 3.63) is 0 Å². The molecule has 4 heteroatoms. The summed E-state index contributed by atoms with van der Waals surface area (Å²) in [6.45, 7) is 6.71. The molecule has 0 aliphatic rings. The zero-order chi connectivity index (χ0) is 10.3. The highest BCUT2D eigenvalue weighted by molar-refractivity contribution is 5.79. The first-order chi connectivity index (χ1) is 6.10. The van der Waals surface area contributed by atoms with E-state index in [0.717, 1.165) is 12.7 Å². The highest BCUT2D eigenvalue weighted by Crippen LogP contribution is 2.02. The van der Waals surface area contributed by atoms with Gasteiger partial charge in [0.25, 0.3) is 0 Å². The number of hydrogen-bond acceptors (Lipinski definition) is 2. The molecule has 0 saturated carbocycles. The normalized spacial score (nSPS) is 12.3. The van der Waals surface area contributed by atoms with E-state index < -0.39 is 0 Å². The highest BCUT2D eigenvalue weighted by atomic mass is 16.1. The van der Waals surface area contributed by atoms with E-state index in [9.17, 15) is 4.79 Å². The van der Waals surface area contributed by atoms with Crippen LogP contribution < -0.4 is 10.6 Å². The Balaban J connectivity index is 3.83. The van der Waals surface area contributed by atoms with Gasteiger partial charge in [0.1, 0.15) is 6.29 Å². The van der Waals surface area contributed by atoms with E-state index in [1.807, 2.05) is 6.92 Å². The summed E-state index contributed by atoms with van der Waals surface area (Å²) in [5.74, 6) is 0.678. The third-order valence-electron chi connectivity index (χ3n) is 1.57. The van der Waals surface area contributed by atoms with Crippen molar-refractivity contribution in [3.8, 4) is 0 Å². The summed E-state index contributed by atoms with van der Waals surface area (Å²) in [7, 11) is 0. The Hall–Kier alpha value is -1.06. The maximum atomic E-state index is 10.6. The van der Waals surface area contributed by atoms with Crippen molar-refractivity contribution < 1.29 is 4.79 Å². The largest absolute Gasteiger partial charge is 0.357 e. The fourth-order valence-electron chi connectivity index (χ4n) is 1.07. The minimum atomic E-state index is -0.244. The summed E-state index contributed by atoms with van der Waals surface area (Å²) in [5.41, 5.74) is 0. The van der Waals surface area contributed by atoms with Gasteiger partial charge in [-0.25, -0.2) is 0 Å². The highest BCUT2D eigenvalue weighted by Gasteiger charge is 2.09. The molecule has 0 amide bonds. The molecule has 0 aromatic carbocycles. The van der Waals surface area contributed by atoms with Crippen molar-refractivity contribution in [1.82, 2.24) is 10.6 Å².